The van der Waals surface area contributed by atoms with Gasteiger partial charge in [0.05, 0.1) is 5.69 Å². The fraction of sp³-hybridized carbons (Fsp3) is 0.385. The van der Waals surface area contributed by atoms with E-state index >= 15 is 0 Å². The highest BCUT2D eigenvalue weighted by atomic mass is 16.4. The fourth-order valence-electron chi connectivity index (χ4n) is 1.91. The summed E-state index contributed by atoms with van der Waals surface area (Å²) in [6.07, 6.45) is 2.48. The summed E-state index contributed by atoms with van der Waals surface area (Å²) in [6, 6.07) is 5.35. The molecule has 0 aromatic carbocycles. The van der Waals surface area contributed by atoms with Gasteiger partial charge in [-0.2, -0.15) is 0 Å². The van der Waals surface area contributed by atoms with E-state index in [0.29, 0.717) is 17.9 Å². The zero-order valence-electron chi connectivity index (χ0n) is 11.5. The molecule has 0 saturated carbocycles. The van der Waals surface area contributed by atoms with Crippen molar-refractivity contribution in [3.63, 3.8) is 0 Å². The third kappa shape index (κ3) is 3.18. The highest BCUT2D eigenvalue weighted by Crippen LogP contribution is 2.20. The third-order valence-corrected chi connectivity index (χ3v) is 2.82. The molecule has 0 aliphatic heterocycles. The molecule has 0 radical (unpaired) electrons. The second-order valence-corrected chi connectivity index (χ2v) is 4.69. The first-order valence-electron chi connectivity index (χ1n) is 6.32. The maximum atomic E-state index is 11.2. The van der Waals surface area contributed by atoms with E-state index in [1.165, 1.54) is 0 Å². The van der Waals surface area contributed by atoms with Gasteiger partial charge in [-0.15, -0.1) is 5.10 Å². The Bertz CT molecular complexity index is 580. The Labute approximate surface area is 116 Å². The van der Waals surface area contributed by atoms with Gasteiger partial charge in [0.25, 0.3) is 0 Å². The monoisotopic (exact) mass is 275 g/mol. The molecule has 20 heavy (non-hydrogen) atoms. The first-order valence-corrected chi connectivity index (χ1v) is 6.32. The van der Waals surface area contributed by atoms with E-state index in [9.17, 15) is 9.90 Å². The molecule has 2 aromatic heterocycles. The third-order valence-electron chi connectivity index (χ3n) is 2.82. The molecule has 0 atom stereocenters. The van der Waals surface area contributed by atoms with Gasteiger partial charge in [0.2, 0.25) is 0 Å². The zero-order valence-corrected chi connectivity index (χ0v) is 11.5. The van der Waals surface area contributed by atoms with E-state index in [1.54, 1.807) is 23.0 Å². The number of hydrogen-bond donors (Lipinski definition) is 1. The Hall–Kier alpha value is -2.28. The molecule has 106 valence electrons. The highest BCUT2D eigenvalue weighted by molar-refractivity contribution is 5.92. The number of carboxylic acids is 1. The lowest BCUT2D eigenvalue weighted by Crippen LogP contribution is -2.16. The van der Waals surface area contributed by atoms with Crippen LogP contribution in [-0.2, 0) is 6.54 Å². The van der Waals surface area contributed by atoms with Crippen molar-refractivity contribution in [3.8, 4) is 11.4 Å². The Morgan fingerprint density at radius 1 is 1.40 bits per heavy atom. The van der Waals surface area contributed by atoms with Crippen molar-refractivity contribution in [2.24, 2.45) is 0 Å². The summed E-state index contributed by atoms with van der Waals surface area (Å²) in [5, 5.41) is 16.9. The molecule has 0 aliphatic carbocycles. The normalized spacial score (nSPS) is 10.9. The maximum absolute atomic E-state index is 11.2. The second kappa shape index (κ2) is 6.25. The largest absolute Gasteiger partial charge is 0.476 e. The number of pyridine rings is 1. The van der Waals surface area contributed by atoms with Gasteiger partial charge in [-0.1, -0.05) is 11.3 Å². The lowest BCUT2D eigenvalue weighted by atomic mass is 10.2. The maximum Gasteiger partial charge on any atom is 0.358 e. The number of carbonyl (C=O) groups is 1. The molecule has 7 nitrogen and oxygen atoms in total. The van der Waals surface area contributed by atoms with Crippen LogP contribution in [0.2, 0.25) is 0 Å². The number of aromatic nitrogens is 4. The summed E-state index contributed by atoms with van der Waals surface area (Å²) in [5.74, 6) is -1.09. The molecular weight excluding hydrogens is 258 g/mol. The first kappa shape index (κ1) is 14.1. The van der Waals surface area contributed by atoms with Crippen molar-refractivity contribution in [3.05, 3.63) is 30.1 Å². The molecule has 0 spiro atoms. The summed E-state index contributed by atoms with van der Waals surface area (Å²) in [7, 11) is 3.98. The number of carboxylic acid groups (broad SMARTS) is 1. The van der Waals surface area contributed by atoms with Gasteiger partial charge in [-0.25, -0.2) is 9.48 Å². The summed E-state index contributed by atoms with van der Waals surface area (Å²) in [6.45, 7) is 1.49. The summed E-state index contributed by atoms with van der Waals surface area (Å²) in [4.78, 5) is 17.5. The average molecular weight is 275 g/mol. The van der Waals surface area contributed by atoms with Crippen LogP contribution < -0.4 is 0 Å². The van der Waals surface area contributed by atoms with Gasteiger partial charge in [-0.3, -0.25) is 4.98 Å². The molecule has 0 saturated heterocycles. The summed E-state index contributed by atoms with van der Waals surface area (Å²) >= 11 is 0. The van der Waals surface area contributed by atoms with E-state index in [0.717, 1.165) is 13.0 Å². The van der Waals surface area contributed by atoms with E-state index in [4.69, 9.17) is 0 Å². The molecule has 1 N–H and O–H groups in total. The van der Waals surface area contributed by atoms with Crippen LogP contribution in [0.1, 0.15) is 16.9 Å². The van der Waals surface area contributed by atoms with Gasteiger partial charge in [0.15, 0.2) is 5.69 Å². The molecular formula is C13H17N5O2. The predicted octanol–water partition coefficient (Wildman–Crippen LogP) is 0.990. The quantitative estimate of drug-likeness (QED) is 0.846. The minimum absolute atomic E-state index is 0.0615. The van der Waals surface area contributed by atoms with Crippen molar-refractivity contribution in [2.75, 3.05) is 20.6 Å². The number of nitrogens with zero attached hydrogens (tertiary/aromatic N) is 5. The van der Waals surface area contributed by atoms with Crippen molar-refractivity contribution in [2.45, 2.75) is 13.0 Å². The molecule has 0 unspecified atom stereocenters. The van der Waals surface area contributed by atoms with Crippen molar-refractivity contribution in [1.29, 1.82) is 0 Å². The van der Waals surface area contributed by atoms with Gasteiger partial charge < -0.3 is 10.0 Å². The lowest BCUT2D eigenvalue weighted by Gasteiger charge is -2.10. The van der Waals surface area contributed by atoms with Gasteiger partial charge in [0.1, 0.15) is 5.69 Å². The van der Waals surface area contributed by atoms with Crippen molar-refractivity contribution in [1.82, 2.24) is 24.9 Å². The average Bonchev–Trinajstić information content (AvgIpc) is 2.83. The number of aromatic carboxylic acids is 1. The molecule has 0 fully saturated rings. The minimum atomic E-state index is -1.09. The van der Waals surface area contributed by atoms with Crippen LogP contribution in [-0.4, -0.2) is 56.6 Å². The smallest absolute Gasteiger partial charge is 0.358 e. The van der Waals surface area contributed by atoms with Crippen LogP contribution >= 0.6 is 0 Å². The molecule has 2 heterocycles. The number of hydrogen-bond acceptors (Lipinski definition) is 5. The van der Waals surface area contributed by atoms with Crippen LogP contribution in [0.5, 0.6) is 0 Å². The number of rotatable bonds is 6. The topological polar surface area (TPSA) is 84.1 Å². The standard InChI is InChI=1S/C13H17N5O2/c1-17(2)8-5-9-18-12(10-6-3-4-7-14-10)11(13(19)20)15-16-18/h3-4,6-7H,5,8-9H2,1-2H3,(H,19,20). The van der Waals surface area contributed by atoms with E-state index in [-0.39, 0.29) is 5.69 Å². The van der Waals surface area contributed by atoms with Crippen LogP contribution in [0.4, 0.5) is 0 Å². The van der Waals surface area contributed by atoms with Crippen LogP contribution in [0.3, 0.4) is 0 Å². The van der Waals surface area contributed by atoms with Gasteiger partial charge in [0, 0.05) is 12.7 Å². The molecule has 2 aromatic rings. The molecule has 2 rings (SSSR count). The molecule has 0 bridgehead atoms. The van der Waals surface area contributed by atoms with Crippen molar-refractivity contribution < 1.29 is 9.90 Å². The Morgan fingerprint density at radius 3 is 2.80 bits per heavy atom. The first-order chi connectivity index (χ1) is 9.59. The van der Waals surface area contributed by atoms with E-state index < -0.39 is 5.97 Å². The summed E-state index contributed by atoms with van der Waals surface area (Å²) < 4.78 is 1.61. The predicted molar refractivity (Wildman–Crippen MR) is 73.4 cm³/mol. The fourth-order valence-corrected chi connectivity index (χ4v) is 1.91. The van der Waals surface area contributed by atoms with Gasteiger partial charge in [-0.05, 0) is 39.2 Å². The van der Waals surface area contributed by atoms with E-state index in [1.807, 2.05) is 20.2 Å². The Kier molecular flexibility index (Phi) is 4.41. The van der Waals surface area contributed by atoms with Gasteiger partial charge >= 0.3 is 5.97 Å². The molecule has 7 heteroatoms. The van der Waals surface area contributed by atoms with Crippen LogP contribution in [0.15, 0.2) is 24.4 Å². The summed E-state index contributed by atoms with van der Waals surface area (Å²) in [5.41, 5.74) is 0.963. The second-order valence-electron chi connectivity index (χ2n) is 4.69. The Morgan fingerprint density at radius 2 is 2.20 bits per heavy atom. The molecule has 0 amide bonds. The van der Waals surface area contributed by atoms with E-state index in [2.05, 4.69) is 20.2 Å². The minimum Gasteiger partial charge on any atom is -0.476 e. The van der Waals surface area contributed by atoms with Crippen molar-refractivity contribution >= 4 is 5.97 Å². The SMILES string of the molecule is CN(C)CCCn1nnc(C(=O)O)c1-c1ccccn1. The van der Waals surface area contributed by atoms with Crippen LogP contribution in [0, 0.1) is 0 Å². The highest BCUT2D eigenvalue weighted by Gasteiger charge is 2.21. The van der Waals surface area contributed by atoms with Crippen LogP contribution in [0.25, 0.3) is 11.4 Å². The lowest BCUT2D eigenvalue weighted by molar-refractivity contribution is 0.0691. The number of aryl methyl sites for hydroxylation is 1. The Balaban J connectivity index is 2.31. The molecule has 0 aliphatic rings. The zero-order chi connectivity index (χ0) is 14.5.